The van der Waals surface area contributed by atoms with E-state index in [-0.39, 0.29) is 12.5 Å². The molecular formula is C8H7IN6O. The lowest BCUT2D eigenvalue weighted by molar-refractivity contribution is -0.116. The lowest BCUT2D eigenvalue weighted by Gasteiger charge is -2.03. The van der Waals surface area contributed by atoms with E-state index in [1.165, 1.54) is 11.0 Å². The third kappa shape index (κ3) is 2.95. The fraction of sp³-hybridized carbons (Fsp3) is 0.125. The predicted octanol–water partition coefficient (Wildman–Crippen LogP) is 0.311. The van der Waals surface area contributed by atoms with E-state index in [9.17, 15) is 4.79 Å². The van der Waals surface area contributed by atoms with Crippen LogP contribution in [0, 0.1) is 3.57 Å². The van der Waals surface area contributed by atoms with Gasteiger partial charge in [-0.15, -0.1) is 5.10 Å². The summed E-state index contributed by atoms with van der Waals surface area (Å²) in [5, 5.41) is 13.1. The van der Waals surface area contributed by atoms with Gasteiger partial charge in [-0.25, -0.2) is 9.67 Å². The van der Waals surface area contributed by atoms with Crippen molar-refractivity contribution in [2.24, 2.45) is 0 Å². The highest BCUT2D eigenvalue weighted by Crippen LogP contribution is 2.06. The van der Waals surface area contributed by atoms with Crippen LogP contribution in [0.2, 0.25) is 0 Å². The molecule has 0 saturated carbocycles. The number of nitrogens with one attached hydrogen (secondary N) is 1. The van der Waals surface area contributed by atoms with Gasteiger partial charge in [0.25, 0.3) is 0 Å². The number of pyridine rings is 1. The first-order valence-electron chi connectivity index (χ1n) is 4.36. The SMILES string of the molecule is O=C(Cn1cnnn1)Nc1ccc(I)cn1. The minimum atomic E-state index is -0.221. The number of carbonyl (C=O) groups excluding carboxylic acids is 1. The molecule has 16 heavy (non-hydrogen) atoms. The highest BCUT2D eigenvalue weighted by atomic mass is 127. The van der Waals surface area contributed by atoms with Crippen LogP contribution in [0.3, 0.4) is 0 Å². The Balaban J connectivity index is 1.95. The second-order valence-corrected chi connectivity index (χ2v) is 4.16. The average Bonchev–Trinajstić information content (AvgIpc) is 2.74. The number of halogens is 1. The van der Waals surface area contributed by atoms with E-state index in [1.807, 2.05) is 6.07 Å². The van der Waals surface area contributed by atoms with Gasteiger partial charge < -0.3 is 5.32 Å². The maximum Gasteiger partial charge on any atom is 0.247 e. The molecule has 0 aromatic carbocycles. The van der Waals surface area contributed by atoms with Gasteiger partial charge in [-0.2, -0.15) is 0 Å². The first-order chi connectivity index (χ1) is 7.74. The van der Waals surface area contributed by atoms with E-state index < -0.39 is 0 Å². The van der Waals surface area contributed by atoms with Crippen LogP contribution in [-0.2, 0) is 11.3 Å². The molecule has 0 aliphatic carbocycles. The molecule has 2 rings (SSSR count). The maximum absolute atomic E-state index is 11.5. The highest BCUT2D eigenvalue weighted by Gasteiger charge is 2.04. The number of hydrogen-bond donors (Lipinski definition) is 1. The molecule has 2 aromatic heterocycles. The Bertz CT molecular complexity index is 468. The number of nitrogens with zero attached hydrogens (tertiary/aromatic N) is 5. The molecule has 0 unspecified atom stereocenters. The quantitative estimate of drug-likeness (QED) is 0.819. The number of anilines is 1. The summed E-state index contributed by atoms with van der Waals surface area (Å²) in [6.07, 6.45) is 3.05. The van der Waals surface area contributed by atoms with Gasteiger partial charge in [-0.1, -0.05) is 0 Å². The van der Waals surface area contributed by atoms with Gasteiger partial charge in [0, 0.05) is 9.77 Å². The molecule has 0 aliphatic heterocycles. The predicted molar refractivity (Wildman–Crippen MR) is 63.4 cm³/mol. The second-order valence-electron chi connectivity index (χ2n) is 2.92. The summed E-state index contributed by atoms with van der Waals surface area (Å²) in [6, 6.07) is 3.60. The first kappa shape index (κ1) is 10.9. The molecule has 1 amide bonds. The largest absolute Gasteiger partial charge is 0.309 e. The maximum atomic E-state index is 11.5. The van der Waals surface area contributed by atoms with Crippen molar-refractivity contribution in [1.29, 1.82) is 0 Å². The molecule has 0 aliphatic rings. The van der Waals surface area contributed by atoms with Crippen LogP contribution >= 0.6 is 22.6 Å². The molecule has 1 N–H and O–H groups in total. The van der Waals surface area contributed by atoms with E-state index >= 15 is 0 Å². The van der Waals surface area contributed by atoms with Crippen LogP contribution in [0.15, 0.2) is 24.7 Å². The number of amides is 1. The van der Waals surface area contributed by atoms with Crippen LogP contribution in [0.1, 0.15) is 0 Å². The normalized spacial score (nSPS) is 10.1. The molecular weight excluding hydrogens is 323 g/mol. The highest BCUT2D eigenvalue weighted by molar-refractivity contribution is 14.1. The van der Waals surface area contributed by atoms with Crippen LogP contribution in [0.5, 0.6) is 0 Å². The number of aromatic nitrogens is 5. The zero-order valence-corrected chi connectivity index (χ0v) is 10.2. The van der Waals surface area contributed by atoms with Gasteiger partial charge in [0.05, 0.1) is 0 Å². The Morgan fingerprint density at radius 2 is 2.38 bits per heavy atom. The zero-order valence-electron chi connectivity index (χ0n) is 8.04. The summed E-state index contributed by atoms with van der Waals surface area (Å²) in [7, 11) is 0. The number of hydrogen-bond acceptors (Lipinski definition) is 5. The Hall–Kier alpha value is -1.58. The summed E-state index contributed by atoms with van der Waals surface area (Å²) in [4.78, 5) is 15.5. The smallest absolute Gasteiger partial charge is 0.247 e. The Morgan fingerprint density at radius 1 is 1.50 bits per heavy atom. The molecule has 7 nitrogen and oxygen atoms in total. The minimum Gasteiger partial charge on any atom is -0.309 e. The van der Waals surface area contributed by atoms with Crippen molar-refractivity contribution in [3.05, 3.63) is 28.2 Å². The topological polar surface area (TPSA) is 85.6 Å². The summed E-state index contributed by atoms with van der Waals surface area (Å²) < 4.78 is 2.35. The fourth-order valence-electron chi connectivity index (χ4n) is 1.03. The first-order valence-corrected chi connectivity index (χ1v) is 5.44. The summed E-state index contributed by atoms with van der Waals surface area (Å²) in [5.41, 5.74) is 0. The fourth-order valence-corrected chi connectivity index (χ4v) is 1.35. The van der Waals surface area contributed by atoms with Crippen LogP contribution in [0.4, 0.5) is 5.82 Å². The van der Waals surface area contributed by atoms with Gasteiger partial charge in [-0.3, -0.25) is 4.79 Å². The molecule has 0 atom stereocenters. The molecule has 0 saturated heterocycles. The number of tetrazole rings is 1. The Kier molecular flexibility index (Phi) is 3.39. The van der Waals surface area contributed by atoms with Crippen molar-refractivity contribution in [1.82, 2.24) is 25.2 Å². The molecule has 0 radical (unpaired) electrons. The summed E-state index contributed by atoms with van der Waals surface area (Å²) in [6.45, 7) is 0.0701. The van der Waals surface area contributed by atoms with E-state index in [0.29, 0.717) is 5.82 Å². The molecule has 0 bridgehead atoms. The van der Waals surface area contributed by atoms with Crippen molar-refractivity contribution in [3.63, 3.8) is 0 Å². The third-order valence-electron chi connectivity index (χ3n) is 1.69. The number of carbonyl (C=O) groups is 1. The van der Waals surface area contributed by atoms with Crippen molar-refractivity contribution in [3.8, 4) is 0 Å². The van der Waals surface area contributed by atoms with Crippen LogP contribution in [0.25, 0.3) is 0 Å². The van der Waals surface area contributed by atoms with E-state index in [0.717, 1.165) is 3.57 Å². The van der Waals surface area contributed by atoms with Crippen molar-refractivity contribution < 1.29 is 4.79 Å². The molecule has 2 aromatic rings. The van der Waals surface area contributed by atoms with E-state index in [2.05, 4.69) is 48.4 Å². The molecule has 0 fully saturated rings. The van der Waals surface area contributed by atoms with Gasteiger partial charge in [-0.05, 0) is 45.2 Å². The van der Waals surface area contributed by atoms with Crippen molar-refractivity contribution >= 4 is 34.3 Å². The van der Waals surface area contributed by atoms with Crippen LogP contribution in [-0.4, -0.2) is 31.1 Å². The minimum absolute atomic E-state index is 0.0701. The molecule has 2 heterocycles. The Labute approximate surface area is 104 Å². The molecule has 82 valence electrons. The average molecular weight is 330 g/mol. The monoisotopic (exact) mass is 330 g/mol. The van der Waals surface area contributed by atoms with Crippen molar-refractivity contribution in [2.75, 3.05) is 5.32 Å². The standard InChI is InChI=1S/C8H7IN6O/c9-6-1-2-7(10-3-6)12-8(16)4-15-5-11-13-14-15/h1-3,5H,4H2,(H,10,12,16). The van der Waals surface area contributed by atoms with Crippen molar-refractivity contribution in [2.45, 2.75) is 6.54 Å². The van der Waals surface area contributed by atoms with E-state index in [1.54, 1.807) is 12.3 Å². The van der Waals surface area contributed by atoms with Gasteiger partial charge in [0.1, 0.15) is 18.7 Å². The van der Waals surface area contributed by atoms with E-state index in [4.69, 9.17) is 0 Å². The number of rotatable bonds is 3. The van der Waals surface area contributed by atoms with Crippen LogP contribution < -0.4 is 5.32 Å². The lowest BCUT2D eigenvalue weighted by Crippen LogP contribution is -2.19. The molecule has 8 heteroatoms. The summed E-state index contributed by atoms with van der Waals surface area (Å²) in [5.74, 6) is 0.291. The summed E-state index contributed by atoms with van der Waals surface area (Å²) >= 11 is 2.14. The molecule has 0 spiro atoms. The van der Waals surface area contributed by atoms with Gasteiger partial charge >= 0.3 is 0 Å². The van der Waals surface area contributed by atoms with Gasteiger partial charge in [0.15, 0.2) is 0 Å². The zero-order chi connectivity index (χ0) is 11.4. The lowest BCUT2D eigenvalue weighted by atomic mass is 10.4. The third-order valence-corrected chi connectivity index (χ3v) is 2.33. The Morgan fingerprint density at radius 3 is 3.00 bits per heavy atom. The van der Waals surface area contributed by atoms with Gasteiger partial charge in [0.2, 0.25) is 5.91 Å². The second kappa shape index (κ2) is 4.96.